The summed E-state index contributed by atoms with van der Waals surface area (Å²) in [6.45, 7) is 0. The predicted octanol–water partition coefficient (Wildman–Crippen LogP) is 2.75. The van der Waals surface area contributed by atoms with Crippen LogP contribution in [0.3, 0.4) is 0 Å². The molecule has 0 aliphatic heterocycles. The molecule has 0 radical (unpaired) electrons. The Morgan fingerprint density at radius 3 is 2.54 bits per heavy atom. The zero-order valence-corrected chi connectivity index (χ0v) is 9.68. The summed E-state index contributed by atoms with van der Waals surface area (Å²) in [6.07, 6.45) is 5.63. The summed E-state index contributed by atoms with van der Waals surface area (Å²) in [5.41, 5.74) is 0. The van der Waals surface area contributed by atoms with Crippen LogP contribution >= 0.6 is 15.9 Å². The van der Waals surface area contributed by atoms with Crippen LogP contribution in [0.5, 0.6) is 0 Å². The lowest BCUT2D eigenvalue weighted by atomic mass is 9.79. The normalized spacial score (nSPS) is 28.5. The molecular weight excluding hydrogens is 232 g/mol. The molecule has 2 atom stereocenters. The first kappa shape index (κ1) is 11.0. The lowest BCUT2D eigenvalue weighted by Crippen LogP contribution is -2.23. The summed E-state index contributed by atoms with van der Waals surface area (Å²) in [7, 11) is 1.47. The third kappa shape index (κ3) is 3.29. The molecular formula is C10H17BrO2. The second kappa shape index (κ2) is 5.63. The van der Waals surface area contributed by atoms with Gasteiger partial charge in [-0.25, -0.2) is 0 Å². The molecule has 0 saturated heterocycles. The number of carbonyl (C=O) groups is 1. The van der Waals surface area contributed by atoms with Gasteiger partial charge in [0.25, 0.3) is 0 Å². The van der Waals surface area contributed by atoms with Crippen LogP contribution in [0.2, 0.25) is 0 Å². The van der Waals surface area contributed by atoms with Gasteiger partial charge in [0.2, 0.25) is 0 Å². The van der Waals surface area contributed by atoms with Crippen LogP contribution in [0.15, 0.2) is 0 Å². The van der Waals surface area contributed by atoms with Gasteiger partial charge in [0.15, 0.2) is 0 Å². The van der Waals surface area contributed by atoms with Crippen molar-refractivity contribution >= 4 is 21.9 Å². The van der Waals surface area contributed by atoms with E-state index in [1.165, 1.54) is 32.8 Å². The van der Waals surface area contributed by atoms with Crippen molar-refractivity contribution in [2.24, 2.45) is 11.8 Å². The molecule has 1 rings (SSSR count). The van der Waals surface area contributed by atoms with Gasteiger partial charge in [-0.15, -0.1) is 0 Å². The van der Waals surface area contributed by atoms with Crippen molar-refractivity contribution in [3.63, 3.8) is 0 Å². The monoisotopic (exact) mass is 248 g/mol. The topological polar surface area (TPSA) is 26.3 Å². The van der Waals surface area contributed by atoms with Crippen LogP contribution in [-0.2, 0) is 9.53 Å². The van der Waals surface area contributed by atoms with E-state index < -0.39 is 0 Å². The highest BCUT2D eigenvalue weighted by Crippen LogP contribution is 2.33. The summed E-state index contributed by atoms with van der Waals surface area (Å²) in [5.74, 6) is 1.16. The predicted molar refractivity (Wildman–Crippen MR) is 55.9 cm³/mol. The maximum atomic E-state index is 11.1. The SMILES string of the molecule is COC(=O)C[C@H]1CCCC[C@@H]1CBr. The quantitative estimate of drug-likeness (QED) is 0.567. The molecule has 0 amide bonds. The first-order chi connectivity index (χ1) is 6.27. The molecule has 3 heteroatoms. The molecule has 0 unspecified atom stereocenters. The average molecular weight is 249 g/mol. The molecule has 1 aliphatic rings. The molecule has 1 aliphatic carbocycles. The van der Waals surface area contributed by atoms with Crippen LogP contribution in [0.1, 0.15) is 32.1 Å². The highest BCUT2D eigenvalue weighted by atomic mass is 79.9. The molecule has 76 valence electrons. The van der Waals surface area contributed by atoms with Crippen molar-refractivity contribution in [1.29, 1.82) is 0 Å². The molecule has 1 saturated carbocycles. The zero-order valence-electron chi connectivity index (χ0n) is 8.09. The molecule has 0 aromatic rings. The average Bonchev–Trinajstić information content (AvgIpc) is 2.18. The van der Waals surface area contributed by atoms with Crippen LogP contribution < -0.4 is 0 Å². The van der Waals surface area contributed by atoms with E-state index in [-0.39, 0.29) is 5.97 Å². The Hall–Kier alpha value is -0.0500. The minimum atomic E-state index is -0.0575. The van der Waals surface area contributed by atoms with E-state index in [1.807, 2.05) is 0 Å². The van der Waals surface area contributed by atoms with Gasteiger partial charge in [0.05, 0.1) is 7.11 Å². The standard InChI is InChI=1S/C10H17BrO2/c1-13-10(12)6-8-4-2-3-5-9(8)7-11/h8-9H,2-7H2,1H3/t8-,9-/m1/s1. The molecule has 0 spiro atoms. The third-order valence-electron chi connectivity index (χ3n) is 2.92. The number of carbonyl (C=O) groups excluding carboxylic acids is 1. The van der Waals surface area contributed by atoms with Gasteiger partial charge in [-0.1, -0.05) is 28.8 Å². The fourth-order valence-electron chi connectivity index (χ4n) is 2.05. The Morgan fingerprint density at radius 1 is 1.38 bits per heavy atom. The minimum Gasteiger partial charge on any atom is -0.469 e. The van der Waals surface area contributed by atoms with Crippen molar-refractivity contribution in [3.05, 3.63) is 0 Å². The highest BCUT2D eigenvalue weighted by molar-refractivity contribution is 9.09. The van der Waals surface area contributed by atoms with Gasteiger partial charge < -0.3 is 4.74 Å². The van der Waals surface area contributed by atoms with Gasteiger partial charge in [-0.2, -0.15) is 0 Å². The smallest absolute Gasteiger partial charge is 0.305 e. The first-order valence-corrected chi connectivity index (χ1v) is 6.03. The summed E-state index contributed by atoms with van der Waals surface area (Å²) in [4.78, 5) is 11.1. The van der Waals surface area contributed by atoms with E-state index in [0.717, 1.165) is 5.33 Å². The molecule has 1 fully saturated rings. The van der Waals surface area contributed by atoms with E-state index in [1.54, 1.807) is 0 Å². The number of methoxy groups -OCH3 is 1. The van der Waals surface area contributed by atoms with E-state index in [0.29, 0.717) is 18.3 Å². The van der Waals surface area contributed by atoms with Crippen LogP contribution in [0.4, 0.5) is 0 Å². The third-order valence-corrected chi connectivity index (χ3v) is 3.75. The lowest BCUT2D eigenvalue weighted by Gasteiger charge is -2.29. The minimum absolute atomic E-state index is 0.0575. The van der Waals surface area contributed by atoms with Gasteiger partial charge in [0, 0.05) is 11.8 Å². The fourth-order valence-corrected chi connectivity index (χ4v) is 2.91. The summed E-state index contributed by atoms with van der Waals surface area (Å²) >= 11 is 3.51. The second-order valence-electron chi connectivity index (χ2n) is 3.74. The zero-order chi connectivity index (χ0) is 9.68. The maximum Gasteiger partial charge on any atom is 0.305 e. The van der Waals surface area contributed by atoms with E-state index >= 15 is 0 Å². The Balaban J connectivity index is 2.40. The van der Waals surface area contributed by atoms with Gasteiger partial charge in [0.1, 0.15) is 0 Å². The Kier molecular flexibility index (Phi) is 4.78. The van der Waals surface area contributed by atoms with Crippen LogP contribution in [0, 0.1) is 11.8 Å². The summed E-state index contributed by atoms with van der Waals surface area (Å²) in [5, 5.41) is 1.02. The summed E-state index contributed by atoms with van der Waals surface area (Å²) in [6, 6.07) is 0. The van der Waals surface area contributed by atoms with Gasteiger partial charge >= 0.3 is 5.97 Å². The molecule has 2 nitrogen and oxygen atoms in total. The highest BCUT2D eigenvalue weighted by Gasteiger charge is 2.26. The number of hydrogen-bond acceptors (Lipinski definition) is 2. The summed E-state index contributed by atoms with van der Waals surface area (Å²) < 4.78 is 4.69. The van der Waals surface area contributed by atoms with Crippen LogP contribution in [-0.4, -0.2) is 18.4 Å². The van der Waals surface area contributed by atoms with Crippen molar-refractivity contribution in [2.75, 3.05) is 12.4 Å². The molecule has 0 aromatic carbocycles. The van der Waals surface area contributed by atoms with Gasteiger partial charge in [-0.05, 0) is 24.7 Å². The van der Waals surface area contributed by atoms with Gasteiger partial charge in [-0.3, -0.25) is 4.79 Å². The number of esters is 1. The van der Waals surface area contributed by atoms with Crippen molar-refractivity contribution in [1.82, 2.24) is 0 Å². The molecule has 13 heavy (non-hydrogen) atoms. The van der Waals surface area contributed by atoms with E-state index in [2.05, 4.69) is 15.9 Å². The van der Waals surface area contributed by atoms with Crippen LogP contribution in [0.25, 0.3) is 0 Å². The van der Waals surface area contributed by atoms with Crippen molar-refractivity contribution in [3.8, 4) is 0 Å². The first-order valence-electron chi connectivity index (χ1n) is 4.90. The Labute approximate surface area is 88.2 Å². The largest absolute Gasteiger partial charge is 0.469 e. The number of rotatable bonds is 3. The maximum absolute atomic E-state index is 11.1. The van der Waals surface area contributed by atoms with Crippen molar-refractivity contribution in [2.45, 2.75) is 32.1 Å². The lowest BCUT2D eigenvalue weighted by molar-refractivity contribution is -0.142. The molecule has 0 heterocycles. The number of ether oxygens (including phenoxy) is 1. The molecule has 0 bridgehead atoms. The molecule has 0 aromatic heterocycles. The number of hydrogen-bond donors (Lipinski definition) is 0. The Bertz CT molecular complexity index is 170. The van der Waals surface area contributed by atoms with E-state index in [9.17, 15) is 4.79 Å². The number of alkyl halides is 1. The second-order valence-corrected chi connectivity index (χ2v) is 4.39. The number of halogens is 1. The van der Waals surface area contributed by atoms with Crippen molar-refractivity contribution < 1.29 is 9.53 Å². The molecule has 0 N–H and O–H groups in total. The van der Waals surface area contributed by atoms with E-state index in [4.69, 9.17) is 4.74 Å². The fraction of sp³-hybridized carbons (Fsp3) is 0.900. The Morgan fingerprint density at radius 2 is 2.00 bits per heavy atom.